The molecule has 2 aliphatic rings. The van der Waals surface area contributed by atoms with Crippen LogP contribution >= 0.6 is 0 Å². The first-order valence-electron chi connectivity index (χ1n) is 7.47. The second-order valence-electron chi connectivity index (χ2n) is 5.83. The third kappa shape index (κ3) is 4.44. The lowest BCUT2D eigenvalue weighted by Gasteiger charge is -2.35. The van der Waals surface area contributed by atoms with Crippen LogP contribution in [-0.4, -0.2) is 74.2 Å². The number of likely N-dealkylation sites (tertiary alicyclic amines) is 1. The first kappa shape index (κ1) is 14.8. The molecule has 1 N–H and O–H groups in total. The molecule has 110 valence electrons. The van der Waals surface area contributed by atoms with Crippen LogP contribution in [0.4, 0.5) is 0 Å². The first-order valence-corrected chi connectivity index (χ1v) is 7.47. The minimum Gasteiger partial charge on any atom is -0.374 e. The van der Waals surface area contributed by atoms with Crippen molar-refractivity contribution in [1.29, 1.82) is 0 Å². The summed E-state index contributed by atoms with van der Waals surface area (Å²) in [6, 6.07) is 0.405. The van der Waals surface area contributed by atoms with Gasteiger partial charge in [-0.2, -0.15) is 0 Å². The smallest absolute Gasteiger partial charge is 0.236 e. The van der Waals surface area contributed by atoms with Crippen LogP contribution in [0.2, 0.25) is 0 Å². The van der Waals surface area contributed by atoms with Crippen LogP contribution in [0.1, 0.15) is 26.2 Å². The van der Waals surface area contributed by atoms with Crippen LogP contribution in [0, 0.1) is 0 Å². The number of rotatable bonds is 4. The van der Waals surface area contributed by atoms with Gasteiger partial charge in [0.05, 0.1) is 19.3 Å². The van der Waals surface area contributed by atoms with Crippen LogP contribution in [-0.2, 0) is 9.53 Å². The SMILES string of the molecule is CC1CCCCN1C(=O)CN(C)CC1CNCCO1. The van der Waals surface area contributed by atoms with Gasteiger partial charge < -0.3 is 15.0 Å². The fraction of sp³-hybridized carbons (Fsp3) is 0.929. The van der Waals surface area contributed by atoms with E-state index < -0.39 is 0 Å². The third-order valence-electron chi connectivity index (χ3n) is 4.05. The molecule has 2 aliphatic heterocycles. The Labute approximate surface area is 116 Å². The molecule has 5 heteroatoms. The predicted octanol–water partition coefficient (Wildman–Crippen LogP) is 0.308. The van der Waals surface area contributed by atoms with Crippen molar-refractivity contribution in [2.45, 2.75) is 38.3 Å². The van der Waals surface area contributed by atoms with Crippen LogP contribution < -0.4 is 5.32 Å². The van der Waals surface area contributed by atoms with Crippen molar-refractivity contribution in [1.82, 2.24) is 15.1 Å². The largest absolute Gasteiger partial charge is 0.374 e. The Kier molecular flexibility index (Phi) is 5.60. The summed E-state index contributed by atoms with van der Waals surface area (Å²) in [6.07, 6.45) is 3.76. The molecule has 0 aromatic rings. The van der Waals surface area contributed by atoms with Gasteiger partial charge in [0, 0.05) is 32.2 Å². The Balaban J connectivity index is 1.74. The van der Waals surface area contributed by atoms with E-state index in [2.05, 4.69) is 17.1 Å². The zero-order valence-corrected chi connectivity index (χ0v) is 12.2. The lowest BCUT2D eigenvalue weighted by atomic mass is 10.0. The topological polar surface area (TPSA) is 44.8 Å². The quantitative estimate of drug-likeness (QED) is 0.798. The summed E-state index contributed by atoms with van der Waals surface area (Å²) < 4.78 is 5.67. The summed E-state index contributed by atoms with van der Waals surface area (Å²) in [6.45, 7) is 7.00. The molecule has 2 unspecified atom stereocenters. The minimum atomic E-state index is 0.213. The molecular weight excluding hydrogens is 242 g/mol. The first-order chi connectivity index (χ1) is 9.16. The van der Waals surface area contributed by atoms with Crippen LogP contribution in [0.5, 0.6) is 0 Å². The van der Waals surface area contributed by atoms with E-state index >= 15 is 0 Å². The fourth-order valence-electron chi connectivity index (χ4n) is 2.94. The predicted molar refractivity (Wildman–Crippen MR) is 75.1 cm³/mol. The lowest BCUT2D eigenvalue weighted by molar-refractivity contribution is -0.135. The van der Waals surface area contributed by atoms with Crippen LogP contribution in [0.25, 0.3) is 0 Å². The molecule has 0 aliphatic carbocycles. The number of morpholine rings is 1. The number of nitrogens with one attached hydrogen (secondary N) is 1. The maximum Gasteiger partial charge on any atom is 0.236 e. The van der Waals surface area contributed by atoms with Gasteiger partial charge in [-0.3, -0.25) is 9.69 Å². The highest BCUT2D eigenvalue weighted by molar-refractivity contribution is 5.78. The van der Waals surface area contributed by atoms with E-state index in [-0.39, 0.29) is 12.0 Å². The van der Waals surface area contributed by atoms with Gasteiger partial charge in [0.1, 0.15) is 0 Å². The number of carbonyl (C=O) groups excluding carboxylic acids is 1. The highest BCUT2D eigenvalue weighted by Gasteiger charge is 2.24. The maximum atomic E-state index is 12.3. The summed E-state index contributed by atoms with van der Waals surface area (Å²) in [5, 5.41) is 3.32. The van der Waals surface area contributed by atoms with Crippen molar-refractivity contribution in [2.24, 2.45) is 0 Å². The minimum absolute atomic E-state index is 0.213. The van der Waals surface area contributed by atoms with Crippen LogP contribution in [0.15, 0.2) is 0 Å². The van der Waals surface area contributed by atoms with E-state index in [0.717, 1.165) is 45.6 Å². The number of ether oxygens (including phenoxy) is 1. The number of amides is 1. The van der Waals surface area contributed by atoms with E-state index in [9.17, 15) is 4.79 Å². The van der Waals surface area contributed by atoms with Crippen LogP contribution in [0.3, 0.4) is 0 Å². The number of nitrogens with zero attached hydrogens (tertiary/aromatic N) is 2. The average molecular weight is 269 g/mol. The summed E-state index contributed by atoms with van der Waals surface area (Å²) in [4.78, 5) is 16.4. The Morgan fingerprint density at radius 1 is 1.47 bits per heavy atom. The zero-order chi connectivity index (χ0) is 13.7. The highest BCUT2D eigenvalue weighted by Crippen LogP contribution is 2.16. The Hall–Kier alpha value is -0.650. The normalized spacial score (nSPS) is 28.7. The highest BCUT2D eigenvalue weighted by atomic mass is 16.5. The summed E-state index contributed by atoms with van der Waals surface area (Å²) >= 11 is 0. The van der Waals surface area contributed by atoms with Gasteiger partial charge in [0.15, 0.2) is 0 Å². The molecule has 2 fully saturated rings. The molecule has 0 spiro atoms. The molecule has 0 aromatic heterocycles. The van der Waals surface area contributed by atoms with Gasteiger partial charge in [-0.05, 0) is 33.2 Å². The van der Waals surface area contributed by atoms with E-state index in [0.29, 0.717) is 12.6 Å². The van der Waals surface area contributed by atoms with Gasteiger partial charge in [-0.25, -0.2) is 0 Å². The second kappa shape index (κ2) is 7.22. The van der Waals surface area contributed by atoms with E-state index in [1.807, 2.05) is 11.9 Å². The van der Waals surface area contributed by atoms with Gasteiger partial charge in [-0.1, -0.05) is 0 Å². The molecule has 5 nitrogen and oxygen atoms in total. The van der Waals surface area contributed by atoms with Crippen molar-refractivity contribution in [3.63, 3.8) is 0 Å². The van der Waals surface area contributed by atoms with Gasteiger partial charge in [0.2, 0.25) is 5.91 Å². The molecule has 2 rings (SSSR count). The number of likely N-dealkylation sites (N-methyl/N-ethyl adjacent to an activating group) is 1. The second-order valence-corrected chi connectivity index (χ2v) is 5.83. The molecule has 0 aromatic carbocycles. The van der Waals surface area contributed by atoms with Crippen molar-refractivity contribution in [2.75, 3.05) is 46.4 Å². The number of hydrogen-bond donors (Lipinski definition) is 1. The molecule has 2 saturated heterocycles. The maximum absolute atomic E-state index is 12.3. The van der Waals surface area contributed by atoms with Crippen molar-refractivity contribution in [3.8, 4) is 0 Å². The summed E-state index contributed by atoms with van der Waals surface area (Å²) in [7, 11) is 2.00. The summed E-state index contributed by atoms with van der Waals surface area (Å²) in [5.41, 5.74) is 0. The van der Waals surface area contributed by atoms with Crippen molar-refractivity contribution >= 4 is 5.91 Å². The fourth-order valence-corrected chi connectivity index (χ4v) is 2.94. The monoisotopic (exact) mass is 269 g/mol. The average Bonchev–Trinajstić information content (AvgIpc) is 2.40. The Bertz CT molecular complexity index is 292. The van der Waals surface area contributed by atoms with E-state index in [1.54, 1.807) is 0 Å². The molecule has 19 heavy (non-hydrogen) atoms. The Morgan fingerprint density at radius 3 is 3.00 bits per heavy atom. The molecule has 1 amide bonds. The van der Waals surface area contributed by atoms with E-state index in [1.165, 1.54) is 6.42 Å². The van der Waals surface area contributed by atoms with Crippen molar-refractivity contribution < 1.29 is 9.53 Å². The zero-order valence-electron chi connectivity index (χ0n) is 12.2. The van der Waals surface area contributed by atoms with E-state index in [4.69, 9.17) is 4.74 Å². The molecule has 0 radical (unpaired) electrons. The molecule has 2 heterocycles. The summed E-state index contributed by atoms with van der Waals surface area (Å²) in [5.74, 6) is 0.262. The molecule has 2 atom stereocenters. The molecule has 0 saturated carbocycles. The number of carbonyl (C=O) groups is 1. The Morgan fingerprint density at radius 2 is 2.32 bits per heavy atom. The number of hydrogen-bond acceptors (Lipinski definition) is 4. The van der Waals surface area contributed by atoms with Gasteiger partial charge in [0.25, 0.3) is 0 Å². The molecule has 0 bridgehead atoms. The number of piperidine rings is 1. The van der Waals surface area contributed by atoms with Gasteiger partial charge >= 0.3 is 0 Å². The molecular formula is C14H27N3O2. The van der Waals surface area contributed by atoms with Crippen molar-refractivity contribution in [3.05, 3.63) is 0 Å². The standard InChI is InChI=1S/C14H27N3O2/c1-12-5-3-4-7-17(12)14(18)11-16(2)10-13-9-15-6-8-19-13/h12-13,15H,3-11H2,1-2H3. The van der Waals surface area contributed by atoms with Gasteiger partial charge in [-0.15, -0.1) is 0 Å². The third-order valence-corrected chi connectivity index (χ3v) is 4.05. The lowest BCUT2D eigenvalue weighted by Crippen LogP contribution is -2.49.